The van der Waals surface area contributed by atoms with Gasteiger partial charge in [-0.25, -0.2) is 4.68 Å². The first-order valence-electron chi connectivity index (χ1n) is 6.89. The first-order valence-corrected chi connectivity index (χ1v) is 6.89. The molecule has 0 aliphatic heterocycles. The van der Waals surface area contributed by atoms with Gasteiger partial charge in [0.1, 0.15) is 6.33 Å². The van der Waals surface area contributed by atoms with Gasteiger partial charge in [-0.3, -0.25) is 4.79 Å². The molecule has 0 radical (unpaired) electrons. The third kappa shape index (κ3) is 3.17. The minimum atomic E-state index is -0.108. The molecular formula is C16H15N5O. The van der Waals surface area contributed by atoms with Crippen molar-refractivity contribution in [3.63, 3.8) is 0 Å². The van der Waals surface area contributed by atoms with Gasteiger partial charge < -0.3 is 5.32 Å². The fourth-order valence-electron chi connectivity index (χ4n) is 2.04. The molecule has 3 aromatic rings. The topological polar surface area (TPSA) is 72.7 Å². The molecule has 6 heteroatoms. The highest BCUT2D eigenvalue weighted by molar-refractivity contribution is 5.94. The standard InChI is InChI=1S/C16H15N5O/c1-12-2-4-13(5-3-12)10-17-16(22)14-6-8-15(9-7-14)21-11-18-19-20-21/h2-9,11H,10H2,1H3,(H,17,22). The van der Waals surface area contributed by atoms with Crippen molar-refractivity contribution in [2.45, 2.75) is 13.5 Å². The number of amides is 1. The zero-order valence-corrected chi connectivity index (χ0v) is 12.1. The van der Waals surface area contributed by atoms with Crippen molar-refractivity contribution in [3.05, 3.63) is 71.5 Å². The molecule has 0 saturated carbocycles. The van der Waals surface area contributed by atoms with E-state index in [2.05, 4.69) is 20.8 Å². The Morgan fingerprint density at radius 1 is 1.09 bits per heavy atom. The maximum atomic E-state index is 12.1. The van der Waals surface area contributed by atoms with E-state index >= 15 is 0 Å². The van der Waals surface area contributed by atoms with Crippen LogP contribution in [0.1, 0.15) is 21.5 Å². The van der Waals surface area contributed by atoms with E-state index in [9.17, 15) is 4.79 Å². The fourth-order valence-corrected chi connectivity index (χ4v) is 2.04. The molecule has 0 fully saturated rings. The molecule has 1 aromatic heterocycles. The number of carbonyl (C=O) groups is 1. The lowest BCUT2D eigenvalue weighted by Gasteiger charge is -2.06. The number of carbonyl (C=O) groups excluding carboxylic acids is 1. The van der Waals surface area contributed by atoms with Crippen LogP contribution >= 0.6 is 0 Å². The second-order valence-electron chi connectivity index (χ2n) is 4.97. The van der Waals surface area contributed by atoms with Crippen LogP contribution in [-0.2, 0) is 6.54 Å². The summed E-state index contributed by atoms with van der Waals surface area (Å²) in [4.78, 5) is 12.1. The van der Waals surface area contributed by atoms with Gasteiger partial charge in [0.15, 0.2) is 0 Å². The number of hydrogen-bond acceptors (Lipinski definition) is 4. The molecule has 0 unspecified atom stereocenters. The molecule has 0 aliphatic rings. The van der Waals surface area contributed by atoms with Gasteiger partial charge in [0.25, 0.3) is 5.91 Å². The van der Waals surface area contributed by atoms with Gasteiger partial charge >= 0.3 is 0 Å². The maximum absolute atomic E-state index is 12.1. The van der Waals surface area contributed by atoms with Gasteiger partial charge in [0.2, 0.25) is 0 Å². The molecule has 110 valence electrons. The number of nitrogens with zero attached hydrogens (tertiary/aromatic N) is 4. The molecule has 6 nitrogen and oxygen atoms in total. The highest BCUT2D eigenvalue weighted by Gasteiger charge is 2.06. The van der Waals surface area contributed by atoms with E-state index in [1.165, 1.54) is 16.6 Å². The number of rotatable bonds is 4. The van der Waals surface area contributed by atoms with Crippen LogP contribution in [0.4, 0.5) is 0 Å². The SMILES string of the molecule is Cc1ccc(CNC(=O)c2ccc(-n3cnnn3)cc2)cc1. The minimum Gasteiger partial charge on any atom is -0.348 e. The van der Waals surface area contributed by atoms with Crippen molar-refractivity contribution in [3.8, 4) is 5.69 Å². The summed E-state index contributed by atoms with van der Waals surface area (Å²) >= 11 is 0. The molecule has 0 atom stereocenters. The van der Waals surface area contributed by atoms with Crippen molar-refractivity contribution < 1.29 is 4.79 Å². The summed E-state index contributed by atoms with van der Waals surface area (Å²) in [5.74, 6) is -0.108. The van der Waals surface area contributed by atoms with Crippen molar-refractivity contribution in [1.29, 1.82) is 0 Å². The Morgan fingerprint density at radius 3 is 2.45 bits per heavy atom. The smallest absolute Gasteiger partial charge is 0.251 e. The van der Waals surface area contributed by atoms with Crippen LogP contribution in [-0.4, -0.2) is 26.1 Å². The average Bonchev–Trinajstić information content (AvgIpc) is 3.09. The number of tetrazole rings is 1. The third-order valence-electron chi connectivity index (χ3n) is 3.32. The summed E-state index contributed by atoms with van der Waals surface area (Å²) in [6.45, 7) is 2.54. The highest BCUT2D eigenvalue weighted by Crippen LogP contribution is 2.08. The van der Waals surface area contributed by atoms with E-state index < -0.39 is 0 Å². The predicted molar refractivity (Wildman–Crippen MR) is 81.5 cm³/mol. The normalized spacial score (nSPS) is 10.4. The molecule has 3 rings (SSSR count). The van der Waals surface area contributed by atoms with Crippen molar-refractivity contribution >= 4 is 5.91 Å². The Hall–Kier alpha value is -3.02. The number of aryl methyl sites for hydroxylation is 1. The van der Waals surface area contributed by atoms with E-state index in [4.69, 9.17) is 0 Å². The molecule has 2 aromatic carbocycles. The lowest BCUT2D eigenvalue weighted by molar-refractivity contribution is 0.0951. The first-order chi connectivity index (χ1) is 10.7. The zero-order valence-electron chi connectivity index (χ0n) is 12.1. The van der Waals surface area contributed by atoms with E-state index in [0.29, 0.717) is 12.1 Å². The monoisotopic (exact) mass is 293 g/mol. The molecule has 0 spiro atoms. The molecule has 0 saturated heterocycles. The molecule has 1 heterocycles. The molecule has 1 amide bonds. The van der Waals surface area contributed by atoms with Gasteiger partial charge in [-0.05, 0) is 47.2 Å². The van der Waals surface area contributed by atoms with Crippen molar-refractivity contribution in [2.24, 2.45) is 0 Å². The number of nitrogens with one attached hydrogen (secondary N) is 1. The van der Waals surface area contributed by atoms with Gasteiger partial charge in [-0.2, -0.15) is 0 Å². The predicted octanol–water partition coefficient (Wildman–Crippen LogP) is 1.90. The minimum absolute atomic E-state index is 0.108. The number of hydrogen-bond donors (Lipinski definition) is 1. The van der Waals surface area contributed by atoms with Crippen LogP contribution in [0, 0.1) is 6.92 Å². The first kappa shape index (κ1) is 13.9. The van der Waals surface area contributed by atoms with Crippen LogP contribution < -0.4 is 5.32 Å². The fraction of sp³-hybridized carbons (Fsp3) is 0.125. The van der Waals surface area contributed by atoms with Gasteiger partial charge in [-0.1, -0.05) is 29.8 Å². The highest BCUT2D eigenvalue weighted by atomic mass is 16.1. The van der Waals surface area contributed by atoms with Crippen molar-refractivity contribution in [2.75, 3.05) is 0 Å². The number of aromatic nitrogens is 4. The summed E-state index contributed by atoms with van der Waals surface area (Å²) in [6.07, 6.45) is 1.51. The summed E-state index contributed by atoms with van der Waals surface area (Å²) in [5.41, 5.74) is 3.68. The van der Waals surface area contributed by atoms with E-state index in [1.54, 1.807) is 24.3 Å². The maximum Gasteiger partial charge on any atom is 0.251 e. The van der Waals surface area contributed by atoms with Gasteiger partial charge in [0.05, 0.1) is 5.69 Å². The lowest BCUT2D eigenvalue weighted by atomic mass is 10.1. The Kier molecular flexibility index (Phi) is 3.91. The molecule has 0 aliphatic carbocycles. The molecule has 22 heavy (non-hydrogen) atoms. The largest absolute Gasteiger partial charge is 0.348 e. The molecule has 1 N–H and O–H groups in total. The quantitative estimate of drug-likeness (QED) is 0.797. The Balaban J connectivity index is 1.63. The van der Waals surface area contributed by atoms with E-state index in [0.717, 1.165) is 11.3 Å². The zero-order chi connectivity index (χ0) is 15.4. The summed E-state index contributed by atoms with van der Waals surface area (Å²) in [7, 11) is 0. The third-order valence-corrected chi connectivity index (χ3v) is 3.32. The van der Waals surface area contributed by atoms with Gasteiger partial charge in [0, 0.05) is 12.1 Å². The van der Waals surface area contributed by atoms with Crippen molar-refractivity contribution in [1.82, 2.24) is 25.5 Å². The van der Waals surface area contributed by atoms with Crippen LogP contribution in [0.25, 0.3) is 5.69 Å². The van der Waals surface area contributed by atoms with E-state index in [1.807, 2.05) is 31.2 Å². The second kappa shape index (κ2) is 6.17. The molecular weight excluding hydrogens is 278 g/mol. The average molecular weight is 293 g/mol. The summed E-state index contributed by atoms with van der Waals surface area (Å²) < 4.78 is 1.54. The van der Waals surface area contributed by atoms with E-state index in [-0.39, 0.29) is 5.91 Å². The Morgan fingerprint density at radius 2 is 1.82 bits per heavy atom. The van der Waals surface area contributed by atoms with Crippen LogP contribution in [0.5, 0.6) is 0 Å². The second-order valence-corrected chi connectivity index (χ2v) is 4.97. The lowest BCUT2D eigenvalue weighted by Crippen LogP contribution is -2.22. The number of benzene rings is 2. The summed E-state index contributed by atoms with van der Waals surface area (Å²) in [6, 6.07) is 15.2. The van der Waals surface area contributed by atoms with Crippen LogP contribution in [0.3, 0.4) is 0 Å². The molecule has 0 bridgehead atoms. The Bertz CT molecular complexity index is 748. The van der Waals surface area contributed by atoms with Crippen LogP contribution in [0.2, 0.25) is 0 Å². The summed E-state index contributed by atoms with van der Waals surface area (Å²) in [5, 5.41) is 13.9. The Labute approximate surface area is 127 Å². The van der Waals surface area contributed by atoms with Gasteiger partial charge in [-0.15, -0.1) is 5.10 Å². The van der Waals surface area contributed by atoms with Crippen LogP contribution in [0.15, 0.2) is 54.9 Å².